The lowest BCUT2D eigenvalue weighted by Crippen LogP contribution is -2.81. The highest BCUT2D eigenvalue weighted by molar-refractivity contribution is 6.11. The first-order valence-electron chi connectivity index (χ1n) is 20.6. The fraction of sp³-hybridized carbons (Fsp3) is 0.628. The van der Waals surface area contributed by atoms with E-state index in [-0.39, 0.29) is 76.0 Å². The van der Waals surface area contributed by atoms with E-state index in [1.807, 2.05) is 0 Å². The van der Waals surface area contributed by atoms with E-state index < -0.39 is 71.0 Å². The Labute approximate surface area is 334 Å². The van der Waals surface area contributed by atoms with E-state index in [4.69, 9.17) is 18.9 Å². The third-order valence-corrected chi connectivity index (χ3v) is 15.9. The first kappa shape index (κ1) is 38.6. The van der Waals surface area contributed by atoms with Gasteiger partial charge in [-0.3, -0.25) is 15.6 Å². The van der Waals surface area contributed by atoms with Crippen molar-refractivity contribution < 1.29 is 64.3 Å². The molecule has 15 heteroatoms. The number of ketones is 1. The van der Waals surface area contributed by atoms with Gasteiger partial charge in [0.25, 0.3) is 0 Å². The van der Waals surface area contributed by atoms with Gasteiger partial charge < -0.3 is 54.7 Å². The number of carboxylic acid groups (broad SMARTS) is 1. The zero-order valence-electron chi connectivity index (χ0n) is 32.6. The van der Waals surface area contributed by atoms with Crippen molar-refractivity contribution >= 4 is 22.5 Å². The number of carbonyl (C=O) groups excluding carboxylic acids is 1. The molecule has 2 aromatic rings. The molecule has 2 aromatic carbocycles. The standard InChI is InChI=1S/C43H52N2O13/c1-19-30(20(2)48)34(50)32-24(33(19)49)10-22(38(53)54)11-27(32)57-39-35(51)37(52)43(29(14-47)58-39)13-26-31-21(16-56-43)5-6-25(31)41(8-9-46)18-55-15-23-12-40-7-3-4-28(40)44-45-42(26,17-40)36(23)41/h6,10-11,23,26,28-29,35-37,39,44-47,49-52H,3-5,7-9,12-18H2,1-2H3,(H,53,54). The van der Waals surface area contributed by atoms with Crippen molar-refractivity contribution in [2.45, 2.75) is 107 Å². The van der Waals surface area contributed by atoms with Gasteiger partial charge in [-0.05, 0) is 105 Å². The number of aliphatic hydroxyl groups is 4. The predicted molar refractivity (Wildman–Crippen MR) is 204 cm³/mol. The molecule has 6 fully saturated rings. The second-order valence-corrected chi connectivity index (χ2v) is 18.4. The molecule has 12 atom stereocenters. The second kappa shape index (κ2) is 13.2. The van der Waals surface area contributed by atoms with Gasteiger partial charge in [0.15, 0.2) is 5.78 Å². The summed E-state index contributed by atoms with van der Waals surface area (Å²) in [7, 11) is 0. The van der Waals surface area contributed by atoms with Crippen LogP contribution in [0.15, 0.2) is 34.9 Å². The summed E-state index contributed by atoms with van der Waals surface area (Å²) in [4.78, 5) is 24.9. The summed E-state index contributed by atoms with van der Waals surface area (Å²) >= 11 is 0. The van der Waals surface area contributed by atoms with Crippen LogP contribution in [0.3, 0.4) is 0 Å². The lowest BCUT2D eigenvalue weighted by molar-refractivity contribution is -0.327. The summed E-state index contributed by atoms with van der Waals surface area (Å²) in [6.45, 7) is 3.18. The quantitative estimate of drug-likeness (QED) is 0.145. The third-order valence-electron chi connectivity index (χ3n) is 15.9. The average molecular weight is 805 g/mol. The van der Waals surface area contributed by atoms with Crippen molar-refractivity contribution in [3.05, 3.63) is 51.6 Å². The van der Waals surface area contributed by atoms with Gasteiger partial charge >= 0.3 is 5.97 Å². The molecule has 8 aliphatic rings. The van der Waals surface area contributed by atoms with Crippen LogP contribution >= 0.6 is 0 Å². The Morgan fingerprint density at radius 1 is 1.10 bits per heavy atom. The van der Waals surface area contributed by atoms with Gasteiger partial charge in [-0.15, -0.1) is 0 Å². The Balaban J connectivity index is 1.06. The number of aromatic carboxylic acids is 1. The molecule has 3 saturated carbocycles. The van der Waals surface area contributed by atoms with Gasteiger partial charge in [0.05, 0.1) is 36.3 Å². The number of phenols is 2. The van der Waals surface area contributed by atoms with Crippen LogP contribution in [0, 0.1) is 35.5 Å². The number of Topliss-reactive ketones (excluding diaryl/α,β-unsaturated/α-hetero) is 1. The van der Waals surface area contributed by atoms with E-state index in [9.17, 15) is 45.3 Å². The Bertz CT molecular complexity index is 2180. The van der Waals surface area contributed by atoms with E-state index in [0.29, 0.717) is 32.1 Å². The van der Waals surface area contributed by atoms with E-state index in [0.717, 1.165) is 61.0 Å². The minimum Gasteiger partial charge on any atom is -0.507 e. The summed E-state index contributed by atoms with van der Waals surface area (Å²) < 4.78 is 25.9. The maximum Gasteiger partial charge on any atom is 0.335 e. The number of hydrogen-bond donors (Lipinski definition) is 9. The molecule has 312 valence electrons. The van der Waals surface area contributed by atoms with Crippen LogP contribution in [0.4, 0.5) is 0 Å². The number of nitrogens with one attached hydrogen (secondary N) is 2. The summed E-state index contributed by atoms with van der Waals surface area (Å²) in [6.07, 6.45) is 2.23. The lowest BCUT2D eigenvalue weighted by Gasteiger charge is -2.71. The van der Waals surface area contributed by atoms with Gasteiger partial charge in [-0.2, -0.15) is 0 Å². The predicted octanol–water partition coefficient (Wildman–Crippen LogP) is 2.50. The monoisotopic (exact) mass is 804 g/mol. The van der Waals surface area contributed by atoms with Gasteiger partial charge in [0, 0.05) is 47.1 Å². The van der Waals surface area contributed by atoms with Crippen LogP contribution in [-0.2, 0) is 14.2 Å². The molecule has 3 saturated heterocycles. The molecule has 15 nitrogen and oxygen atoms in total. The van der Waals surface area contributed by atoms with Crippen molar-refractivity contribution in [3.8, 4) is 17.2 Å². The minimum atomic E-state index is -1.82. The molecular formula is C43H52N2O13. The first-order chi connectivity index (χ1) is 27.8. The van der Waals surface area contributed by atoms with Crippen molar-refractivity contribution in [1.29, 1.82) is 0 Å². The van der Waals surface area contributed by atoms with Crippen LogP contribution in [0.1, 0.15) is 84.6 Å². The molecule has 4 heterocycles. The number of carboxylic acids is 1. The Hall–Kier alpha value is -3.64. The zero-order valence-corrected chi connectivity index (χ0v) is 32.6. The van der Waals surface area contributed by atoms with Crippen LogP contribution in [-0.4, -0.2) is 122 Å². The van der Waals surface area contributed by atoms with Crippen molar-refractivity contribution in [1.82, 2.24) is 10.9 Å². The minimum absolute atomic E-state index is 0.000638. The maximum absolute atomic E-state index is 12.6. The normalized spacial score (nSPS) is 41.1. The number of phenolic OH excluding ortho intramolecular Hbond substituents is 2. The zero-order chi connectivity index (χ0) is 40.7. The van der Waals surface area contributed by atoms with E-state index in [1.165, 1.54) is 13.8 Å². The molecule has 3 spiro atoms. The molecule has 9 N–H and O–H groups in total. The second-order valence-electron chi connectivity index (χ2n) is 18.4. The number of aromatic hydroxyl groups is 2. The Kier molecular flexibility index (Phi) is 8.76. The topological polar surface area (TPSA) is 237 Å². The molecule has 0 radical (unpaired) electrons. The molecule has 0 amide bonds. The van der Waals surface area contributed by atoms with Crippen LogP contribution in [0.2, 0.25) is 0 Å². The van der Waals surface area contributed by atoms with Gasteiger partial charge in [-0.1, -0.05) is 12.5 Å². The van der Waals surface area contributed by atoms with Crippen LogP contribution in [0.5, 0.6) is 17.2 Å². The largest absolute Gasteiger partial charge is 0.507 e. The Morgan fingerprint density at radius 2 is 1.91 bits per heavy atom. The molecule has 0 aromatic heterocycles. The molecule has 4 aliphatic carbocycles. The average Bonchev–Trinajstić information content (AvgIpc) is 3.76. The highest BCUT2D eigenvalue weighted by Crippen LogP contribution is 2.72. The first-order valence-corrected chi connectivity index (χ1v) is 20.6. The number of rotatable bonds is 7. The fourth-order valence-electron chi connectivity index (χ4n) is 13.8. The number of hydrazine groups is 1. The summed E-state index contributed by atoms with van der Waals surface area (Å²) in [5.41, 5.74) is 7.93. The smallest absolute Gasteiger partial charge is 0.335 e. The fourth-order valence-corrected chi connectivity index (χ4v) is 13.8. The van der Waals surface area contributed by atoms with Crippen LogP contribution < -0.4 is 15.6 Å². The van der Waals surface area contributed by atoms with E-state index in [2.05, 4.69) is 16.9 Å². The van der Waals surface area contributed by atoms with Crippen LogP contribution in [0.25, 0.3) is 10.8 Å². The number of carbonyl (C=O) groups is 2. The molecule has 12 unspecified atom stereocenters. The highest BCUT2D eigenvalue weighted by atomic mass is 16.7. The van der Waals surface area contributed by atoms with Gasteiger partial charge in [-0.25, -0.2) is 4.79 Å². The molecule has 58 heavy (non-hydrogen) atoms. The Morgan fingerprint density at radius 3 is 2.66 bits per heavy atom. The number of allylic oxidation sites excluding steroid dienone is 1. The summed E-state index contributed by atoms with van der Waals surface area (Å²) in [5, 5.41) is 78.5. The number of aliphatic hydroxyl groups excluding tert-OH is 4. The number of fused-ring (bicyclic) bond motifs is 2. The summed E-state index contributed by atoms with van der Waals surface area (Å²) in [6, 6.07) is 2.51. The van der Waals surface area contributed by atoms with Crippen molar-refractivity contribution in [2.75, 3.05) is 33.0 Å². The summed E-state index contributed by atoms with van der Waals surface area (Å²) in [5.74, 6) is -3.27. The lowest BCUT2D eigenvalue weighted by atomic mass is 9.39. The molecule has 10 rings (SSSR count). The van der Waals surface area contributed by atoms with E-state index in [1.54, 1.807) is 0 Å². The van der Waals surface area contributed by atoms with Gasteiger partial charge in [0.2, 0.25) is 6.29 Å². The SMILES string of the molecule is CC(=O)c1c(C)c(O)c2cc(C(=O)O)cc(OC3OC(CO)C4(CC5C6=C(CC=C6C6(CCO)COCC7CC89CCCC8NNC5(C9)C76)CO4)C(O)C3O)c2c1O. The third kappa shape index (κ3) is 4.93. The molecule has 2 bridgehead atoms. The van der Waals surface area contributed by atoms with Crippen molar-refractivity contribution in [3.63, 3.8) is 0 Å². The van der Waals surface area contributed by atoms with Gasteiger partial charge in [0.1, 0.15) is 41.2 Å². The maximum atomic E-state index is 12.6. The van der Waals surface area contributed by atoms with Crippen molar-refractivity contribution in [2.24, 2.45) is 28.6 Å². The molecular weight excluding hydrogens is 752 g/mol. The molecule has 4 aliphatic heterocycles. The number of hydrogen-bond acceptors (Lipinski definition) is 14. The highest BCUT2D eigenvalue weighted by Gasteiger charge is 2.74. The number of benzene rings is 2. The van der Waals surface area contributed by atoms with E-state index >= 15 is 0 Å². The number of ether oxygens (including phenoxy) is 4.